The van der Waals surface area contributed by atoms with Crippen molar-refractivity contribution in [2.24, 2.45) is 0 Å². The second kappa shape index (κ2) is 7.09. The molecular formula is C27H22. The van der Waals surface area contributed by atoms with Crippen molar-refractivity contribution < 1.29 is 0 Å². The number of hydrogen-bond donors (Lipinski definition) is 0. The van der Waals surface area contributed by atoms with Gasteiger partial charge >= 0.3 is 0 Å². The van der Waals surface area contributed by atoms with E-state index in [0.717, 1.165) is 0 Å². The molecule has 0 fully saturated rings. The molecule has 130 valence electrons. The number of rotatable bonds is 2. The van der Waals surface area contributed by atoms with Crippen molar-refractivity contribution in [2.75, 3.05) is 0 Å². The van der Waals surface area contributed by atoms with Gasteiger partial charge in [-0.3, -0.25) is 0 Å². The van der Waals surface area contributed by atoms with Crippen molar-refractivity contribution in [2.45, 2.75) is 7.43 Å². The van der Waals surface area contributed by atoms with E-state index in [1.54, 1.807) is 0 Å². The summed E-state index contributed by atoms with van der Waals surface area (Å²) in [5.74, 6) is 0. The summed E-state index contributed by atoms with van der Waals surface area (Å²) in [6, 6.07) is 39.1. The summed E-state index contributed by atoms with van der Waals surface area (Å²) < 4.78 is 0. The number of benzene rings is 5. The number of hydrogen-bond acceptors (Lipinski definition) is 0. The Kier molecular flexibility index (Phi) is 4.48. The van der Waals surface area contributed by atoms with Gasteiger partial charge in [-0.1, -0.05) is 104 Å². The van der Waals surface area contributed by atoms with Gasteiger partial charge in [0.2, 0.25) is 0 Å². The highest BCUT2D eigenvalue weighted by molar-refractivity contribution is 6.09. The maximum atomic E-state index is 2.33. The lowest BCUT2D eigenvalue weighted by Gasteiger charge is -2.15. The first kappa shape index (κ1) is 17.1. The molecular weight excluding hydrogens is 324 g/mol. The molecule has 0 saturated carbocycles. The minimum Gasteiger partial charge on any atom is -0.0776 e. The molecule has 0 radical (unpaired) electrons. The van der Waals surface area contributed by atoms with Crippen LogP contribution in [-0.2, 0) is 0 Å². The highest BCUT2D eigenvalue weighted by Gasteiger charge is 2.12. The van der Waals surface area contributed by atoms with Crippen molar-refractivity contribution >= 4 is 21.5 Å². The molecule has 0 atom stereocenters. The second-order valence-electron chi connectivity index (χ2n) is 6.64. The largest absolute Gasteiger partial charge is 0.0776 e. The Morgan fingerprint density at radius 3 is 1.63 bits per heavy atom. The molecule has 0 heteroatoms. The van der Waals surface area contributed by atoms with E-state index in [2.05, 4.69) is 109 Å². The van der Waals surface area contributed by atoms with E-state index < -0.39 is 0 Å². The second-order valence-corrected chi connectivity index (χ2v) is 6.64. The predicted octanol–water partition coefficient (Wildman–Crippen LogP) is 7.96. The predicted molar refractivity (Wildman–Crippen MR) is 119 cm³/mol. The average molecular weight is 346 g/mol. The maximum Gasteiger partial charge on any atom is -0.00266 e. The molecule has 0 amide bonds. The standard InChI is InChI=1S/C26H18.CH4/c1-3-9-19(10-4-1)24-16-15-23-17-21-13-7-8-14-22(21)18-25(23)26(24)20-11-5-2-6-12-20;/h1-18H;1H4. The van der Waals surface area contributed by atoms with Crippen LogP contribution >= 0.6 is 0 Å². The van der Waals surface area contributed by atoms with Gasteiger partial charge < -0.3 is 0 Å². The maximum absolute atomic E-state index is 2.33. The van der Waals surface area contributed by atoms with Gasteiger partial charge in [-0.2, -0.15) is 0 Å². The van der Waals surface area contributed by atoms with Gasteiger partial charge in [0.05, 0.1) is 0 Å². The minimum absolute atomic E-state index is 0. The van der Waals surface area contributed by atoms with Crippen molar-refractivity contribution in [1.29, 1.82) is 0 Å². The molecule has 0 heterocycles. The fourth-order valence-corrected chi connectivity index (χ4v) is 3.79. The average Bonchev–Trinajstić information content (AvgIpc) is 2.72. The Morgan fingerprint density at radius 2 is 0.963 bits per heavy atom. The molecule has 5 aromatic carbocycles. The Labute approximate surface area is 160 Å². The summed E-state index contributed by atoms with van der Waals surface area (Å²) in [5, 5.41) is 5.15. The van der Waals surface area contributed by atoms with Gasteiger partial charge in [-0.15, -0.1) is 0 Å². The van der Waals surface area contributed by atoms with Gasteiger partial charge in [0.25, 0.3) is 0 Å². The van der Waals surface area contributed by atoms with Crippen LogP contribution in [0.25, 0.3) is 43.8 Å². The lowest BCUT2D eigenvalue weighted by Crippen LogP contribution is -1.88. The summed E-state index contributed by atoms with van der Waals surface area (Å²) in [6.45, 7) is 0. The molecule has 0 spiro atoms. The van der Waals surface area contributed by atoms with Gasteiger partial charge in [-0.25, -0.2) is 0 Å². The lowest BCUT2D eigenvalue weighted by molar-refractivity contribution is 1.61. The smallest absolute Gasteiger partial charge is 0.00266 e. The van der Waals surface area contributed by atoms with Crippen molar-refractivity contribution in [3.8, 4) is 22.3 Å². The normalized spacial score (nSPS) is 10.7. The summed E-state index contributed by atoms with van der Waals surface area (Å²) in [5.41, 5.74) is 5.09. The van der Waals surface area contributed by atoms with Gasteiger partial charge in [-0.05, 0) is 55.9 Å². The zero-order chi connectivity index (χ0) is 17.3. The molecule has 0 unspecified atom stereocenters. The first-order valence-corrected chi connectivity index (χ1v) is 8.96. The first-order valence-electron chi connectivity index (χ1n) is 8.96. The highest BCUT2D eigenvalue weighted by Crippen LogP contribution is 2.39. The van der Waals surface area contributed by atoms with Crippen LogP contribution in [0.4, 0.5) is 0 Å². The third-order valence-corrected chi connectivity index (χ3v) is 5.03. The zero-order valence-electron chi connectivity index (χ0n) is 14.4. The fraction of sp³-hybridized carbons (Fsp3) is 0.0370. The van der Waals surface area contributed by atoms with Crippen molar-refractivity contribution in [1.82, 2.24) is 0 Å². The Balaban J connectivity index is 0.00000180. The monoisotopic (exact) mass is 346 g/mol. The van der Waals surface area contributed by atoms with Crippen LogP contribution in [0.3, 0.4) is 0 Å². The molecule has 0 nitrogen and oxygen atoms in total. The minimum atomic E-state index is 0. The van der Waals surface area contributed by atoms with Crippen LogP contribution in [0.1, 0.15) is 7.43 Å². The van der Waals surface area contributed by atoms with E-state index >= 15 is 0 Å². The Hall–Kier alpha value is -3.38. The third-order valence-electron chi connectivity index (χ3n) is 5.03. The van der Waals surface area contributed by atoms with Crippen LogP contribution in [0, 0.1) is 0 Å². The van der Waals surface area contributed by atoms with Crippen LogP contribution < -0.4 is 0 Å². The zero-order valence-corrected chi connectivity index (χ0v) is 14.4. The van der Waals surface area contributed by atoms with E-state index in [1.165, 1.54) is 43.8 Å². The van der Waals surface area contributed by atoms with Crippen LogP contribution in [-0.4, -0.2) is 0 Å². The summed E-state index contributed by atoms with van der Waals surface area (Å²) in [7, 11) is 0. The molecule has 0 aromatic heterocycles. The third kappa shape index (κ3) is 3.00. The molecule has 5 rings (SSSR count). The van der Waals surface area contributed by atoms with Crippen molar-refractivity contribution in [3.63, 3.8) is 0 Å². The molecule has 0 saturated heterocycles. The van der Waals surface area contributed by atoms with Gasteiger partial charge in [0.15, 0.2) is 0 Å². The molecule has 0 N–H and O–H groups in total. The molecule has 0 aliphatic heterocycles. The van der Waals surface area contributed by atoms with E-state index in [-0.39, 0.29) is 7.43 Å². The summed E-state index contributed by atoms with van der Waals surface area (Å²) in [6.07, 6.45) is 0. The van der Waals surface area contributed by atoms with E-state index in [4.69, 9.17) is 0 Å². The molecule has 27 heavy (non-hydrogen) atoms. The van der Waals surface area contributed by atoms with Crippen LogP contribution in [0.2, 0.25) is 0 Å². The van der Waals surface area contributed by atoms with Crippen LogP contribution in [0.15, 0.2) is 109 Å². The topological polar surface area (TPSA) is 0 Å². The highest BCUT2D eigenvalue weighted by atomic mass is 14.2. The quantitative estimate of drug-likeness (QED) is 0.284. The number of fused-ring (bicyclic) bond motifs is 2. The molecule has 0 aliphatic rings. The Morgan fingerprint density at radius 1 is 0.407 bits per heavy atom. The summed E-state index contributed by atoms with van der Waals surface area (Å²) in [4.78, 5) is 0. The van der Waals surface area contributed by atoms with Crippen LogP contribution in [0.5, 0.6) is 0 Å². The molecule has 0 bridgehead atoms. The lowest BCUT2D eigenvalue weighted by atomic mass is 9.89. The summed E-state index contributed by atoms with van der Waals surface area (Å²) >= 11 is 0. The Bertz CT molecular complexity index is 1200. The molecule has 0 aliphatic carbocycles. The van der Waals surface area contributed by atoms with E-state index in [0.29, 0.717) is 0 Å². The fourth-order valence-electron chi connectivity index (χ4n) is 3.79. The molecule has 5 aromatic rings. The SMILES string of the molecule is C.c1ccc(-c2ccc3cc4ccccc4cc3c2-c2ccccc2)cc1. The van der Waals surface area contributed by atoms with Gasteiger partial charge in [0.1, 0.15) is 0 Å². The van der Waals surface area contributed by atoms with E-state index in [9.17, 15) is 0 Å². The van der Waals surface area contributed by atoms with E-state index in [1.807, 2.05) is 0 Å². The van der Waals surface area contributed by atoms with Crippen molar-refractivity contribution in [3.05, 3.63) is 109 Å². The van der Waals surface area contributed by atoms with Gasteiger partial charge in [0, 0.05) is 0 Å². The first-order chi connectivity index (χ1) is 12.9.